The van der Waals surface area contributed by atoms with E-state index in [0.29, 0.717) is 10.3 Å². The molecule has 8 amide bonds. The van der Waals surface area contributed by atoms with E-state index in [1.807, 2.05) is 49.4 Å². The number of halogens is 3. The second-order valence-electron chi connectivity index (χ2n) is 26.2. The minimum absolute atomic E-state index is 0.00627. The summed E-state index contributed by atoms with van der Waals surface area (Å²) in [5, 5.41) is 27.9. The van der Waals surface area contributed by atoms with Gasteiger partial charge in [0.25, 0.3) is 11.8 Å². The van der Waals surface area contributed by atoms with E-state index in [1.165, 1.54) is 44.6 Å². The zero-order valence-corrected chi connectivity index (χ0v) is 57.2. The number of hydrogen-bond donors (Lipinski definition) is 9. The number of likely N-dealkylation sites (tertiary alicyclic amines) is 2. The van der Waals surface area contributed by atoms with Crippen molar-refractivity contribution in [3.8, 4) is 20.9 Å². The van der Waals surface area contributed by atoms with Crippen LogP contribution < -0.4 is 31.9 Å². The largest absolute Gasteiger partial charge is 0.399 e. The van der Waals surface area contributed by atoms with Crippen LogP contribution in [0.2, 0.25) is 0 Å². The molecule has 5 heterocycles. The van der Waals surface area contributed by atoms with Gasteiger partial charge in [0, 0.05) is 55.0 Å². The zero-order valence-electron chi connectivity index (χ0n) is 53.8. The lowest BCUT2D eigenvalue weighted by Crippen LogP contribution is -2.59. The lowest BCUT2D eigenvalue weighted by atomic mass is 9.85. The monoisotopic (exact) mass is 1410 g/mol. The van der Waals surface area contributed by atoms with Crippen molar-refractivity contribution in [2.24, 2.45) is 10.8 Å². The Morgan fingerprint density at radius 2 is 1.40 bits per heavy atom. The molecule has 2 saturated heterocycles. The third kappa shape index (κ3) is 17.8. The summed E-state index contributed by atoms with van der Waals surface area (Å²) in [5.41, 5.74) is -4.51. The summed E-state index contributed by atoms with van der Waals surface area (Å²) >= 11 is 3.58. The Bertz CT molecular complexity index is 3890. The van der Waals surface area contributed by atoms with Crippen LogP contribution >= 0.6 is 41.6 Å². The normalized spacial score (nSPS) is 18.9. The smallest absolute Gasteiger partial charge is 0.391 e. The average molecular weight is 1410 g/mol. The van der Waals surface area contributed by atoms with Crippen molar-refractivity contribution >= 4 is 104 Å². The van der Waals surface area contributed by atoms with Crippen LogP contribution in [0.25, 0.3) is 31.0 Å². The topological polar surface area (TPSA) is 337 Å². The van der Waals surface area contributed by atoms with E-state index in [0.717, 1.165) is 50.0 Å². The standard InChI is InChI=1S/C65H78F3N10O14PS3/c1-36-52(94-35-71-36)39-15-13-37(14-16-39)44(73-55(82)46-30-43(79)34-78(46)59(86)54(63(5,6)7)75-60(87)64(66)20-21-64)31-51(81)69-22-24-92-26-25-91-23-19-50(80)72-42-29-45(56(83)76-61-70-32-49(96-61)38-11-9-8-10-12-38)77(33-42)58(85)53(62(2,3)4)74-57(84)48-28-40-27-41(17-18-47(40)95-48)65(67,68)93(88,89)90/h8-18,27-28,32,35,42-46,53-54,79H,19-26,29-31,33-34H2,1-7H3,(H,69,81)(H,72,80)(H,73,82)(H,74,84)(H,75,87)(H,70,76,83)(H2,88,89,90)/t42-,43-,44+,45+,46+,53-,54-/m1/s1. The number of fused-ring (bicyclic) bond motifs is 1. The number of aliphatic hydroxyl groups is 1. The van der Waals surface area contributed by atoms with Crippen LogP contribution in [0.1, 0.15) is 113 Å². The third-order valence-corrected chi connectivity index (χ3v) is 20.7. The fourth-order valence-corrected chi connectivity index (χ4v) is 14.3. The SMILES string of the molecule is Cc1ncsc1-c1ccc([C@H](CC(=O)NCCOCCOCCC(=O)N[C@@H]2C[C@@H](C(=O)Nc3ncc(-c4ccccc4)s3)N(C(=O)[C@@H](NC(=O)c3cc4cc(C(F)(F)P(=O)(O)O)ccc4s3)C(C)(C)C)C2)NC(=O)[C@@H]2C[C@@H](O)CN2C(=O)[C@@H](NC(=O)C2(F)CC2)C(C)(C)C)cc1. The molecule has 0 radical (unpaired) electrons. The third-order valence-electron chi connectivity index (χ3n) is 16.7. The molecule has 0 unspecified atom stereocenters. The number of anilines is 1. The van der Waals surface area contributed by atoms with Gasteiger partial charge in [0.2, 0.25) is 35.4 Å². The Morgan fingerprint density at radius 1 is 0.750 bits per heavy atom. The van der Waals surface area contributed by atoms with Gasteiger partial charge < -0.3 is 66.1 Å². The van der Waals surface area contributed by atoms with Crippen LogP contribution in [0.3, 0.4) is 0 Å². The number of hydrogen-bond acceptors (Lipinski definition) is 17. The highest BCUT2D eigenvalue weighted by Crippen LogP contribution is 2.59. The molecule has 3 aliphatic rings. The van der Waals surface area contributed by atoms with E-state index in [4.69, 9.17) is 9.47 Å². The Kier molecular flexibility index (Phi) is 22.8. The highest BCUT2D eigenvalue weighted by atomic mass is 32.1. The first-order chi connectivity index (χ1) is 45.2. The van der Waals surface area contributed by atoms with Gasteiger partial charge in [0.15, 0.2) is 10.8 Å². The number of carbonyl (C=O) groups excluding carboxylic acids is 8. The molecule has 516 valence electrons. The summed E-state index contributed by atoms with van der Waals surface area (Å²) in [7, 11) is -5.89. The number of aromatic nitrogens is 2. The molecule has 3 aromatic heterocycles. The van der Waals surface area contributed by atoms with E-state index >= 15 is 0 Å². The van der Waals surface area contributed by atoms with Crippen LogP contribution in [0.5, 0.6) is 0 Å². The van der Waals surface area contributed by atoms with Crippen molar-refractivity contribution in [3.63, 3.8) is 0 Å². The molecule has 6 aromatic rings. The van der Waals surface area contributed by atoms with Crippen LogP contribution in [0.4, 0.5) is 18.3 Å². The number of β-amino-alcohol motifs (C(OH)–C–C–N with tert-alkyl or cyclic N) is 1. The Labute approximate surface area is 564 Å². The molecular formula is C65H78F3N10O14PS3. The van der Waals surface area contributed by atoms with Crippen molar-refractivity contribution in [2.75, 3.05) is 51.4 Å². The first kappa shape index (κ1) is 72.7. The molecule has 24 nitrogen and oxygen atoms in total. The van der Waals surface area contributed by atoms with E-state index < -0.39 is 125 Å². The first-order valence-corrected chi connectivity index (χ1v) is 35.2. The number of nitrogens with zero attached hydrogens (tertiary/aromatic N) is 4. The molecule has 9 N–H and O–H groups in total. The summed E-state index contributed by atoms with van der Waals surface area (Å²) in [6.45, 7) is 12.0. The van der Waals surface area contributed by atoms with Gasteiger partial charge >= 0.3 is 13.3 Å². The van der Waals surface area contributed by atoms with Gasteiger partial charge in [0.1, 0.15) is 24.2 Å². The highest BCUT2D eigenvalue weighted by Gasteiger charge is 2.54. The fourth-order valence-electron chi connectivity index (χ4n) is 11.2. The molecule has 1 saturated carbocycles. The minimum Gasteiger partial charge on any atom is -0.391 e. The number of carbonyl (C=O) groups is 8. The van der Waals surface area contributed by atoms with Crippen LogP contribution in [0.15, 0.2) is 90.6 Å². The van der Waals surface area contributed by atoms with E-state index in [1.54, 1.807) is 65.4 Å². The van der Waals surface area contributed by atoms with Gasteiger partial charge in [-0.2, -0.15) is 8.78 Å². The van der Waals surface area contributed by atoms with Crippen molar-refractivity contribution in [2.45, 2.75) is 141 Å². The molecule has 96 heavy (non-hydrogen) atoms. The molecule has 1 aliphatic carbocycles. The molecule has 9 rings (SSSR count). The van der Waals surface area contributed by atoms with Crippen LogP contribution in [-0.2, 0) is 53.3 Å². The maximum absolute atomic E-state index is 14.8. The van der Waals surface area contributed by atoms with Gasteiger partial charge in [-0.25, -0.2) is 14.4 Å². The molecule has 7 atom stereocenters. The molecule has 31 heteroatoms. The van der Waals surface area contributed by atoms with E-state index in [2.05, 4.69) is 41.9 Å². The average Bonchev–Trinajstić information content (AvgIpc) is 1.44. The summed E-state index contributed by atoms with van der Waals surface area (Å²) in [5.74, 6) is -5.13. The number of amides is 8. The van der Waals surface area contributed by atoms with Crippen molar-refractivity contribution < 1.29 is 80.5 Å². The van der Waals surface area contributed by atoms with Crippen LogP contribution in [0, 0.1) is 17.8 Å². The van der Waals surface area contributed by atoms with Gasteiger partial charge in [-0.15, -0.1) is 22.7 Å². The molecular weight excluding hydrogens is 1330 g/mol. The molecule has 2 aliphatic heterocycles. The first-order valence-electron chi connectivity index (χ1n) is 31.1. The number of rotatable bonds is 27. The van der Waals surface area contributed by atoms with Crippen LogP contribution in [-0.4, -0.2) is 170 Å². The predicted octanol–water partition coefficient (Wildman–Crippen LogP) is 7.33. The maximum Gasteiger partial charge on any atom is 0.399 e. The summed E-state index contributed by atoms with van der Waals surface area (Å²) in [6, 6.07) is 14.3. The number of thiophene rings is 1. The maximum atomic E-state index is 14.8. The Balaban J connectivity index is 0.771. The van der Waals surface area contributed by atoms with Gasteiger partial charge in [-0.3, -0.25) is 42.9 Å². The molecule has 0 spiro atoms. The number of ether oxygens (including phenoxy) is 2. The number of alkyl halides is 3. The zero-order chi connectivity index (χ0) is 69.7. The minimum atomic E-state index is -5.89. The number of thiazole rings is 2. The van der Waals surface area contributed by atoms with Crippen molar-refractivity contribution in [1.29, 1.82) is 0 Å². The fraction of sp³-hybridized carbons (Fsp3) is 0.477. The molecule has 3 fully saturated rings. The number of benzene rings is 3. The molecule has 3 aromatic carbocycles. The highest BCUT2D eigenvalue weighted by molar-refractivity contribution is 7.52. The van der Waals surface area contributed by atoms with Gasteiger partial charge in [-0.05, 0) is 77.3 Å². The lowest BCUT2D eigenvalue weighted by molar-refractivity contribution is -0.145. The summed E-state index contributed by atoms with van der Waals surface area (Å²) in [4.78, 5) is 143. The van der Waals surface area contributed by atoms with Gasteiger partial charge in [0.05, 0.1) is 70.8 Å². The summed E-state index contributed by atoms with van der Waals surface area (Å²) < 4.78 is 67.5. The van der Waals surface area contributed by atoms with Gasteiger partial charge in [-0.1, -0.05) is 114 Å². The second kappa shape index (κ2) is 30.1. The number of nitrogens with one attached hydrogen (secondary N) is 6. The Morgan fingerprint density at radius 3 is 2.03 bits per heavy atom. The lowest BCUT2D eigenvalue weighted by Gasteiger charge is -2.36. The number of aliphatic hydroxyl groups excluding tert-OH is 1. The predicted molar refractivity (Wildman–Crippen MR) is 354 cm³/mol. The Hall–Kier alpha value is -7.54. The van der Waals surface area contributed by atoms with E-state index in [9.17, 15) is 71.0 Å². The second-order valence-corrected chi connectivity index (χ2v) is 30.8. The quantitative estimate of drug-likeness (QED) is 0.0180. The van der Waals surface area contributed by atoms with Crippen molar-refractivity contribution in [1.82, 2.24) is 46.4 Å². The molecule has 0 bridgehead atoms. The number of aryl methyl sites for hydroxylation is 1. The van der Waals surface area contributed by atoms with E-state index in [-0.39, 0.29) is 100.0 Å². The summed E-state index contributed by atoms with van der Waals surface area (Å²) in [6.07, 6.45) is 0.0971. The van der Waals surface area contributed by atoms with Crippen molar-refractivity contribution in [3.05, 3.63) is 112 Å².